The summed E-state index contributed by atoms with van der Waals surface area (Å²) in [6.07, 6.45) is 3.57. The van der Waals surface area contributed by atoms with Crippen molar-refractivity contribution in [3.63, 3.8) is 0 Å². The van der Waals surface area contributed by atoms with Gasteiger partial charge in [0, 0.05) is 25.7 Å². The molecule has 0 heterocycles. The molecule has 1 aliphatic carbocycles. The van der Waals surface area contributed by atoms with Crippen LogP contribution in [0.3, 0.4) is 0 Å². The number of ether oxygens (including phenoxy) is 1. The van der Waals surface area contributed by atoms with Crippen molar-refractivity contribution in [3.05, 3.63) is 35.4 Å². The molecule has 2 nitrogen and oxygen atoms in total. The van der Waals surface area contributed by atoms with Crippen LogP contribution < -0.4 is 5.32 Å². The lowest BCUT2D eigenvalue weighted by atomic mass is 9.72. The van der Waals surface area contributed by atoms with E-state index in [-0.39, 0.29) is 0 Å². The van der Waals surface area contributed by atoms with Crippen LogP contribution in [0.15, 0.2) is 24.3 Å². The Kier molecular flexibility index (Phi) is 3.97. The molecule has 1 aliphatic rings. The maximum absolute atomic E-state index is 5.11. The Balaban J connectivity index is 1.92. The highest BCUT2D eigenvalue weighted by Crippen LogP contribution is 2.38. The number of nitrogens with one attached hydrogen (secondary N) is 1. The van der Waals surface area contributed by atoms with Gasteiger partial charge in [-0.2, -0.15) is 0 Å². The van der Waals surface area contributed by atoms with Gasteiger partial charge in [-0.05, 0) is 37.4 Å². The number of hydrogen-bond acceptors (Lipinski definition) is 2. The molecular weight excluding hydrogens is 198 g/mol. The van der Waals surface area contributed by atoms with Crippen molar-refractivity contribution in [1.29, 1.82) is 0 Å². The van der Waals surface area contributed by atoms with Crippen LogP contribution in [0, 0.1) is 0 Å². The van der Waals surface area contributed by atoms with Crippen LogP contribution in [0.5, 0.6) is 0 Å². The normalized spacial score (nSPS) is 20.0. The van der Waals surface area contributed by atoms with Crippen molar-refractivity contribution in [2.75, 3.05) is 20.8 Å². The lowest BCUT2D eigenvalue weighted by Crippen LogP contribution is -2.38. The van der Waals surface area contributed by atoms with Crippen molar-refractivity contribution >= 4 is 0 Å². The maximum atomic E-state index is 5.11. The fourth-order valence-corrected chi connectivity index (χ4v) is 2.65. The third kappa shape index (κ3) is 2.28. The molecule has 0 aromatic heterocycles. The molecule has 0 saturated carbocycles. The first kappa shape index (κ1) is 11.6. The minimum atomic E-state index is 0.602. The van der Waals surface area contributed by atoms with E-state index in [9.17, 15) is 0 Å². The molecule has 88 valence electrons. The summed E-state index contributed by atoms with van der Waals surface area (Å²) < 4.78 is 5.11. The van der Waals surface area contributed by atoms with Gasteiger partial charge in [-0.1, -0.05) is 24.3 Å². The zero-order valence-corrected chi connectivity index (χ0v) is 10.2. The number of likely N-dealkylation sites (N-methyl/N-ethyl adjacent to an activating group) is 1. The number of fused-ring (bicyclic) bond motifs is 1. The summed E-state index contributed by atoms with van der Waals surface area (Å²) in [6.45, 7) is 0.868. The molecule has 1 aromatic rings. The quantitative estimate of drug-likeness (QED) is 0.741. The molecule has 0 amide bonds. The molecule has 2 heteroatoms. The highest BCUT2D eigenvalue weighted by atomic mass is 16.5. The first-order chi connectivity index (χ1) is 7.86. The molecule has 0 aliphatic heterocycles. The first-order valence-corrected chi connectivity index (χ1v) is 6.11. The average Bonchev–Trinajstić information content (AvgIpc) is 2.29. The summed E-state index contributed by atoms with van der Waals surface area (Å²) in [5.41, 5.74) is 3.07. The van der Waals surface area contributed by atoms with E-state index in [1.807, 2.05) is 0 Å². The van der Waals surface area contributed by atoms with Crippen LogP contribution in [0.4, 0.5) is 0 Å². The zero-order valence-electron chi connectivity index (χ0n) is 10.2. The fraction of sp³-hybridized carbons (Fsp3) is 0.571. The van der Waals surface area contributed by atoms with Crippen LogP contribution in [-0.4, -0.2) is 26.8 Å². The van der Waals surface area contributed by atoms with Crippen LogP contribution in [-0.2, 0) is 11.2 Å². The van der Waals surface area contributed by atoms with Crippen molar-refractivity contribution in [2.24, 2.45) is 0 Å². The number of methoxy groups -OCH3 is 1. The molecule has 0 fully saturated rings. The second-order valence-electron chi connectivity index (χ2n) is 4.54. The predicted molar refractivity (Wildman–Crippen MR) is 66.8 cm³/mol. The van der Waals surface area contributed by atoms with E-state index in [0.717, 1.165) is 13.0 Å². The van der Waals surface area contributed by atoms with Gasteiger partial charge in [-0.15, -0.1) is 0 Å². The van der Waals surface area contributed by atoms with Crippen LogP contribution in [0.2, 0.25) is 0 Å². The summed E-state index contributed by atoms with van der Waals surface area (Å²) >= 11 is 0. The molecule has 0 saturated heterocycles. The molecule has 2 unspecified atom stereocenters. The summed E-state index contributed by atoms with van der Waals surface area (Å²) in [4.78, 5) is 0. The van der Waals surface area contributed by atoms with E-state index in [1.165, 1.54) is 18.4 Å². The minimum absolute atomic E-state index is 0.602. The highest BCUT2D eigenvalue weighted by molar-refractivity contribution is 5.41. The highest BCUT2D eigenvalue weighted by Gasteiger charge is 2.31. The summed E-state index contributed by atoms with van der Waals surface area (Å²) in [7, 11) is 3.84. The average molecular weight is 219 g/mol. The summed E-state index contributed by atoms with van der Waals surface area (Å²) in [5, 5.41) is 3.45. The van der Waals surface area contributed by atoms with Crippen molar-refractivity contribution in [3.8, 4) is 0 Å². The topological polar surface area (TPSA) is 21.3 Å². The van der Waals surface area contributed by atoms with Gasteiger partial charge in [-0.25, -0.2) is 0 Å². The van der Waals surface area contributed by atoms with Crippen molar-refractivity contribution < 1.29 is 4.74 Å². The number of benzene rings is 1. The smallest absolute Gasteiger partial charge is 0.0462 e. The van der Waals surface area contributed by atoms with E-state index in [4.69, 9.17) is 4.74 Å². The van der Waals surface area contributed by atoms with Crippen molar-refractivity contribution in [1.82, 2.24) is 5.32 Å². The molecular formula is C14H21NO. The van der Waals surface area contributed by atoms with Gasteiger partial charge >= 0.3 is 0 Å². The van der Waals surface area contributed by atoms with E-state index in [1.54, 1.807) is 12.7 Å². The van der Waals surface area contributed by atoms with Gasteiger partial charge in [-0.3, -0.25) is 0 Å². The molecule has 2 rings (SSSR count). The maximum Gasteiger partial charge on any atom is 0.0462 e. The molecule has 0 radical (unpaired) electrons. The van der Waals surface area contributed by atoms with Gasteiger partial charge in [0.05, 0.1) is 0 Å². The molecule has 16 heavy (non-hydrogen) atoms. The Morgan fingerprint density at radius 3 is 2.94 bits per heavy atom. The minimum Gasteiger partial charge on any atom is -0.385 e. The molecule has 1 aromatic carbocycles. The Morgan fingerprint density at radius 1 is 1.44 bits per heavy atom. The Labute approximate surface area is 98.0 Å². The van der Waals surface area contributed by atoms with Gasteiger partial charge < -0.3 is 10.1 Å². The van der Waals surface area contributed by atoms with Crippen LogP contribution in [0.25, 0.3) is 0 Å². The molecule has 0 spiro atoms. The predicted octanol–water partition coefficient (Wildman–Crippen LogP) is 2.34. The van der Waals surface area contributed by atoms with Gasteiger partial charge in [0.2, 0.25) is 0 Å². The standard InChI is InChI=1S/C14H21NO/c1-15-14(8-5-9-16-2)13-10-11-6-3-4-7-12(11)13/h3-4,6-7,13-15H,5,8-10H2,1-2H3. The largest absolute Gasteiger partial charge is 0.385 e. The molecule has 2 atom stereocenters. The first-order valence-electron chi connectivity index (χ1n) is 6.11. The third-order valence-electron chi connectivity index (χ3n) is 3.61. The number of rotatable bonds is 6. The molecule has 1 N–H and O–H groups in total. The lowest BCUT2D eigenvalue weighted by molar-refractivity contribution is 0.186. The number of hydrogen-bond donors (Lipinski definition) is 1. The lowest BCUT2D eigenvalue weighted by Gasteiger charge is -2.36. The fourth-order valence-electron chi connectivity index (χ4n) is 2.65. The van der Waals surface area contributed by atoms with Gasteiger partial charge in [0.25, 0.3) is 0 Å². The monoisotopic (exact) mass is 219 g/mol. The van der Waals surface area contributed by atoms with Crippen molar-refractivity contribution in [2.45, 2.75) is 31.2 Å². The van der Waals surface area contributed by atoms with Crippen LogP contribution in [0.1, 0.15) is 29.9 Å². The van der Waals surface area contributed by atoms with E-state index >= 15 is 0 Å². The Morgan fingerprint density at radius 2 is 2.25 bits per heavy atom. The van der Waals surface area contributed by atoms with Gasteiger partial charge in [0.15, 0.2) is 0 Å². The van der Waals surface area contributed by atoms with E-state index < -0.39 is 0 Å². The molecule has 0 bridgehead atoms. The van der Waals surface area contributed by atoms with E-state index in [2.05, 4.69) is 36.6 Å². The van der Waals surface area contributed by atoms with Gasteiger partial charge in [0.1, 0.15) is 0 Å². The third-order valence-corrected chi connectivity index (χ3v) is 3.61. The van der Waals surface area contributed by atoms with Crippen LogP contribution >= 0.6 is 0 Å². The summed E-state index contributed by atoms with van der Waals surface area (Å²) in [6, 6.07) is 9.39. The second-order valence-corrected chi connectivity index (χ2v) is 4.54. The Hall–Kier alpha value is -0.860. The Bertz CT molecular complexity index is 337. The summed E-state index contributed by atoms with van der Waals surface area (Å²) in [5.74, 6) is 0.707. The second kappa shape index (κ2) is 5.46. The zero-order chi connectivity index (χ0) is 11.4. The SMILES string of the molecule is CNC(CCCOC)C1Cc2ccccc21. The van der Waals surface area contributed by atoms with E-state index in [0.29, 0.717) is 12.0 Å².